The van der Waals surface area contributed by atoms with Gasteiger partial charge in [-0.25, -0.2) is 17.9 Å². The normalized spacial score (nSPS) is 13.8. The van der Waals surface area contributed by atoms with Crippen LogP contribution in [-0.4, -0.2) is 21.3 Å². The summed E-state index contributed by atoms with van der Waals surface area (Å²) >= 11 is 0. The topological polar surface area (TPSA) is 69.4 Å². The van der Waals surface area contributed by atoms with E-state index in [0.29, 0.717) is 5.56 Å². The summed E-state index contributed by atoms with van der Waals surface area (Å²) in [5, 5.41) is 4.90. The number of primary sulfonamides is 1. The molecule has 0 spiro atoms. The van der Waals surface area contributed by atoms with Gasteiger partial charge in [-0.15, -0.1) is 0 Å². The third-order valence-corrected chi connectivity index (χ3v) is 2.68. The molecular formula is C9H12FNO3S. The van der Waals surface area contributed by atoms with Crippen LogP contribution in [0.3, 0.4) is 0 Å². The number of hydrogen-bond acceptors (Lipinski definition) is 3. The number of halogens is 1. The van der Waals surface area contributed by atoms with E-state index in [2.05, 4.69) is 0 Å². The maximum absolute atomic E-state index is 12.6. The lowest BCUT2D eigenvalue weighted by Gasteiger charge is -2.14. The third kappa shape index (κ3) is 3.94. The molecule has 0 radical (unpaired) electrons. The van der Waals surface area contributed by atoms with Crippen molar-refractivity contribution in [2.45, 2.75) is 6.10 Å². The van der Waals surface area contributed by atoms with Gasteiger partial charge >= 0.3 is 0 Å². The molecule has 1 rings (SSSR count). The van der Waals surface area contributed by atoms with Crippen molar-refractivity contribution in [3.8, 4) is 0 Å². The summed E-state index contributed by atoms with van der Waals surface area (Å²) in [6.45, 7) is 0. The Labute approximate surface area is 87.9 Å². The van der Waals surface area contributed by atoms with Crippen molar-refractivity contribution in [1.29, 1.82) is 0 Å². The predicted octanol–water partition coefficient (Wildman–Crippen LogP) is 0.802. The first-order valence-electron chi connectivity index (χ1n) is 4.21. The summed E-state index contributed by atoms with van der Waals surface area (Å²) in [5.41, 5.74) is 0.577. The average Bonchev–Trinajstić information content (AvgIpc) is 2.14. The van der Waals surface area contributed by atoms with Crippen LogP contribution >= 0.6 is 0 Å². The Hall–Kier alpha value is -0.980. The number of rotatable bonds is 4. The molecule has 0 fully saturated rings. The first-order valence-corrected chi connectivity index (χ1v) is 5.92. The van der Waals surface area contributed by atoms with E-state index < -0.39 is 16.1 Å². The zero-order valence-corrected chi connectivity index (χ0v) is 9.00. The molecule has 0 aliphatic rings. The first-order chi connectivity index (χ1) is 6.92. The average molecular weight is 233 g/mol. The number of nitrogens with two attached hydrogens (primary N) is 1. The van der Waals surface area contributed by atoms with Gasteiger partial charge in [0.25, 0.3) is 0 Å². The van der Waals surface area contributed by atoms with Crippen LogP contribution in [0.1, 0.15) is 11.7 Å². The van der Waals surface area contributed by atoms with Gasteiger partial charge in [0, 0.05) is 7.11 Å². The fraction of sp³-hybridized carbons (Fsp3) is 0.333. The van der Waals surface area contributed by atoms with Crippen LogP contribution in [0.4, 0.5) is 4.39 Å². The summed E-state index contributed by atoms with van der Waals surface area (Å²) in [4.78, 5) is 0. The minimum absolute atomic E-state index is 0.324. The molecule has 2 N–H and O–H groups in total. The first kappa shape index (κ1) is 12.1. The number of methoxy groups -OCH3 is 1. The van der Waals surface area contributed by atoms with Gasteiger partial charge in [-0.05, 0) is 17.7 Å². The van der Waals surface area contributed by atoms with Crippen LogP contribution in [0.5, 0.6) is 0 Å². The molecular weight excluding hydrogens is 221 g/mol. The van der Waals surface area contributed by atoms with Crippen molar-refractivity contribution in [2.75, 3.05) is 12.9 Å². The largest absolute Gasteiger partial charge is 0.376 e. The second kappa shape index (κ2) is 4.69. The summed E-state index contributed by atoms with van der Waals surface area (Å²) in [6, 6.07) is 5.42. The van der Waals surface area contributed by atoms with E-state index in [4.69, 9.17) is 9.88 Å². The highest BCUT2D eigenvalue weighted by Gasteiger charge is 2.17. The molecule has 84 valence electrons. The summed E-state index contributed by atoms with van der Waals surface area (Å²) in [6.07, 6.45) is -0.666. The molecule has 0 bridgehead atoms. The van der Waals surface area contributed by atoms with E-state index in [1.54, 1.807) is 0 Å². The standard InChI is InChI=1S/C9H12FNO3S/c1-14-9(6-15(11,12)13)7-2-4-8(10)5-3-7/h2-5,9H,6H2,1H3,(H2,11,12,13). The summed E-state index contributed by atoms with van der Waals surface area (Å²) in [5.74, 6) is -0.709. The summed E-state index contributed by atoms with van der Waals surface area (Å²) < 4.78 is 39.3. The van der Waals surface area contributed by atoms with E-state index in [1.165, 1.54) is 31.4 Å². The molecule has 1 aromatic rings. The van der Waals surface area contributed by atoms with Gasteiger partial charge in [0.05, 0.1) is 11.9 Å². The van der Waals surface area contributed by atoms with Gasteiger partial charge in [-0.2, -0.15) is 0 Å². The maximum Gasteiger partial charge on any atom is 0.211 e. The fourth-order valence-corrected chi connectivity index (χ4v) is 1.94. The van der Waals surface area contributed by atoms with E-state index in [-0.39, 0.29) is 11.6 Å². The Morgan fingerprint density at radius 1 is 1.40 bits per heavy atom. The molecule has 6 heteroatoms. The van der Waals surface area contributed by atoms with Crippen molar-refractivity contribution in [3.05, 3.63) is 35.6 Å². The minimum Gasteiger partial charge on any atom is -0.376 e. The van der Waals surface area contributed by atoms with Crippen molar-refractivity contribution >= 4 is 10.0 Å². The van der Waals surface area contributed by atoms with Gasteiger partial charge < -0.3 is 4.74 Å². The lowest BCUT2D eigenvalue weighted by atomic mass is 10.1. The third-order valence-electron chi connectivity index (χ3n) is 1.91. The van der Waals surface area contributed by atoms with Crippen LogP contribution in [0.2, 0.25) is 0 Å². The predicted molar refractivity (Wildman–Crippen MR) is 54.1 cm³/mol. The van der Waals surface area contributed by atoms with Crippen molar-refractivity contribution < 1.29 is 17.5 Å². The van der Waals surface area contributed by atoms with Crippen LogP contribution in [-0.2, 0) is 14.8 Å². The zero-order valence-electron chi connectivity index (χ0n) is 8.18. The molecule has 0 heterocycles. The van der Waals surface area contributed by atoms with Crippen LogP contribution < -0.4 is 5.14 Å². The Kier molecular flexibility index (Phi) is 3.78. The number of benzene rings is 1. The highest BCUT2D eigenvalue weighted by molar-refractivity contribution is 7.89. The van der Waals surface area contributed by atoms with Crippen molar-refractivity contribution in [2.24, 2.45) is 5.14 Å². The zero-order chi connectivity index (χ0) is 11.5. The highest BCUT2D eigenvalue weighted by atomic mass is 32.2. The molecule has 0 aliphatic carbocycles. The molecule has 0 saturated carbocycles. The molecule has 0 amide bonds. The Bertz CT molecular complexity index is 415. The summed E-state index contributed by atoms with van der Waals surface area (Å²) in [7, 11) is -2.24. The number of ether oxygens (including phenoxy) is 1. The second-order valence-electron chi connectivity index (χ2n) is 3.11. The molecule has 1 unspecified atom stereocenters. The molecule has 4 nitrogen and oxygen atoms in total. The van der Waals surface area contributed by atoms with Gasteiger partial charge in [-0.3, -0.25) is 0 Å². The minimum atomic E-state index is -3.61. The van der Waals surface area contributed by atoms with Crippen LogP contribution in [0, 0.1) is 5.82 Å². The highest BCUT2D eigenvalue weighted by Crippen LogP contribution is 2.18. The van der Waals surface area contributed by atoms with Gasteiger partial charge in [0.15, 0.2) is 0 Å². The monoisotopic (exact) mass is 233 g/mol. The van der Waals surface area contributed by atoms with Crippen molar-refractivity contribution in [1.82, 2.24) is 0 Å². The van der Waals surface area contributed by atoms with Crippen LogP contribution in [0.15, 0.2) is 24.3 Å². The second-order valence-corrected chi connectivity index (χ2v) is 4.76. The Morgan fingerprint density at radius 2 is 1.93 bits per heavy atom. The molecule has 1 atom stereocenters. The van der Waals surface area contributed by atoms with Gasteiger partial charge in [0.2, 0.25) is 10.0 Å². The van der Waals surface area contributed by atoms with Gasteiger partial charge in [0.1, 0.15) is 5.82 Å². The number of hydrogen-bond donors (Lipinski definition) is 1. The quantitative estimate of drug-likeness (QED) is 0.836. The van der Waals surface area contributed by atoms with E-state index in [1.807, 2.05) is 0 Å². The van der Waals surface area contributed by atoms with Crippen molar-refractivity contribution in [3.63, 3.8) is 0 Å². The van der Waals surface area contributed by atoms with E-state index >= 15 is 0 Å². The Balaban J connectivity index is 2.88. The molecule has 0 aromatic heterocycles. The lowest BCUT2D eigenvalue weighted by molar-refractivity contribution is 0.122. The molecule has 0 saturated heterocycles. The Morgan fingerprint density at radius 3 is 2.33 bits per heavy atom. The lowest BCUT2D eigenvalue weighted by Crippen LogP contribution is -2.22. The smallest absolute Gasteiger partial charge is 0.211 e. The van der Waals surface area contributed by atoms with E-state index in [9.17, 15) is 12.8 Å². The molecule has 0 aliphatic heterocycles. The molecule has 15 heavy (non-hydrogen) atoms. The van der Waals surface area contributed by atoms with Crippen LogP contribution in [0.25, 0.3) is 0 Å². The van der Waals surface area contributed by atoms with Gasteiger partial charge in [-0.1, -0.05) is 12.1 Å². The fourth-order valence-electron chi connectivity index (χ4n) is 1.19. The number of sulfonamides is 1. The molecule has 1 aromatic carbocycles. The van der Waals surface area contributed by atoms with E-state index in [0.717, 1.165) is 0 Å². The SMILES string of the molecule is COC(CS(N)(=O)=O)c1ccc(F)cc1. The maximum atomic E-state index is 12.6.